The van der Waals surface area contributed by atoms with E-state index in [0.717, 1.165) is 60.5 Å². The molecule has 1 aliphatic rings. The highest BCUT2D eigenvalue weighted by Crippen LogP contribution is 2.41. The molecular formula is C37H31BN2O2. The molecule has 1 aliphatic heterocycles. The first-order valence-electron chi connectivity index (χ1n) is 14.6. The summed E-state index contributed by atoms with van der Waals surface area (Å²) in [5.74, 6) is 0. The zero-order valence-electron chi connectivity index (χ0n) is 24.3. The lowest BCUT2D eigenvalue weighted by molar-refractivity contribution is 0.00578. The van der Waals surface area contributed by atoms with Gasteiger partial charge in [0.15, 0.2) is 0 Å². The van der Waals surface area contributed by atoms with Crippen LogP contribution in [-0.2, 0) is 9.31 Å². The van der Waals surface area contributed by atoms with Crippen LogP contribution in [0.5, 0.6) is 0 Å². The summed E-state index contributed by atoms with van der Waals surface area (Å²) in [5, 5.41) is 5.80. The Morgan fingerprint density at radius 1 is 0.595 bits per heavy atom. The van der Waals surface area contributed by atoms with E-state index in [9.17, 15) is 0 Å². The SMILES string of the molecule is CC1(C)OB(c2ccc3c(c2)c2ccc4c5ccccc5c(-c5ccccc5)nc4c2n3-c2ccccc2)OC1(C)C. The maximum Gasteiger partial charge on any atom is 0.494 e. The molecule has 3 heterocycles. The Morgan fingerprint density at radius 3 is 1.93 bits per heavy atom. The number of pyridine rings is 1. The minimum atomic E-state index is -0.429. The van der Waals surface area contributed by atoms with Gasteiger partial charge in [0.2, 0.25) is 0 Å². The average molecular weight is 546 g/mol. The molecule has 1 fully saturated rings. The van der Waals surface area contributed by atoms with Gasteiger partial charge >= 0.3 is 7.12 Å². The Balaban J connectivity index is 1.48. The summed E-state index contributed by atoms with van der Waals surface area (Å²) < 4.78 is 15.2. The van der Waals surface area contributed by atoms with Gasteiger partial charge in [-0.15, -0.1) is 0 Å². The molecule has 1 saturated heterocycles. The lowest BCUT2D eigenvalue weighted by atomic mass is 9.78. The number of benzene rings is 5. The second kappa shape index (κ2) is 9.03. The van der Waals surface area contributed by atoms with Crippen molar-refractivity contribution in [3.05, 3.63) is 115 Å². The zero-order valence-corrected chi connectivity index (χ0v) is 24.3. The third kappa shape index (κ3) is 3.67. The van der Waals surface area contributed by atoms with E-state index >= 15 is 0 Å². The van der Waals surface area contributed by atoms with Crippen molar-refractivity contribution in [2.75, 3.05) is 0 Å². The Hall–Kier alpha value is -4.45. The molecular weight excluding hydrogens is 515 g/mol. The van der Waals surface area contributed by atoms with Crippen LogP contribution in [0.15, 0.2) is 115 Å². The number of nitrogens with zero attached hydrogens (tertiary/aromatic N) is 2. The zero-order chi connectivity index (χ0) is 28.6. The van der Waals surface area contributed by atoms with Crippen molar-refractivity contribution in [2.24, 2.45) is 0 Å². The summed E-state index contributed by atoms with van der Waals surface area (Å²) in [4.78, 5) is 5.45. The van der Waals surface area contributed by atoms with E-state index in [1.165, 1.54) is 5.39 Å². The van der Waals surface area contributed by atoms with Crippen molar-refractivity contribution < 1.29 is 9.31 Å². The van der Waals surface area contributed by atoms with E-state index in [0.29, 0.717) is 0 Å². The number of hydrogen-bond acceptors (Lipinski definition) is 3. The predicted molar refractivity (Wildman–Crippen MR) is 175 cm³/mol. The largest absolute Gasteiger partial charge is 0.494 e. The maximum absolute atomic E-state index is 6.44. The van der Waals surface area contributed by atoms with Crippen LogP contribution in [0.1, 0.15) is 27.7 Å². The standard InChI is InChI=1S/C37H31BN2O2/c1-36(2)37(3,4)42-38(41-36)25-19-22-32-31(23-25)30-21-20-29-27-17-11-12-18-28(27)33(24-13-7-5-8-14-24)39-34(29)35(30)40(32)26-15-9-6-10-16-26/h5-23H,1-4H3. The monoisotopic (exact) mass is 546 g/mol. The van der Waals surface area contributed by atoms with Crippen LogP contribution < -0.4 is 5.46 Å². The van der Waals surface area contributed by atoms with E-state index in [1.807, 2.05) is 0 Å². The highest BCUT2D eigenvalue weighted by atomic mass is 16.7. The van der Waals surface area contributed by atoms with E-state index in [1.54, 1.807) is 0 Å². The summed E-state index contributed by atoms with van der Waals surface area (Å²) in [6, 6.07) is 40.7. The molecule has 5 heteroatoms. The number of hydrogen-bond donors (Lipinski definition) is 0. The van der Waals surface area contributed by atoms with Crippen molar-refractivity contribution in [3.63, 3.8) is 0 Å². The van der Waals surface area contributed by atoms with Crippen LogP contribution >= 0.6 is 0 Å². The summed E-state index contributed by atoms with van der Waals surface area (Å²) in [5.41, 5.74) is 6.63. The molecule has 0 aliphatic carbocycles. The van der Waals surface area contributed by atoms with E-state index in [-0.39, 0.29) is 0 Å². The van der Waals surface area contributed by atoms with E-state index < -0.39 is 18.3 Å². The van der Waals surface area contributed by atoms with Gasteiger partial charge in [-0.25, -0.2) is 4.98 Å². The van der Waals surface area contributed by atoms with Gasteiger partial charge in [0.25, 0.3) is 0 Å². The number of aromatic nitrogens is 2. The summed E-state index contributed by atoms with van der Waals surface area (Å²) in [6.07, 6.45) is 0. The minimum absolute atomic E-state index is 0.403. The minimum Gasteiger partial charge on any atom is -0.399 e. The van der Waals surface area contributed by atoms with Crippen molar-refractivity contribution in [2.45, 2.75) is 38.9 Å². The van der Waals surface area contributed by atoms with Crippen molar-refractivity contribution in [1.82, 2.24) is 9.55 Å². The van der Waals surface area contributed by atoms with Gasteiger partial charge in [0.1, 0.15) is 0 Å². The topological polar surface area (TPSA) is 36.3 Å². The van der Waals surface area contributed by atoms with Crippen molar-refractivity contribution in [1.29, 1.82) is 0 Å². The first-order chi connectivity index (χ1) is 20.3. The quantitative estimate of drug-likeness (QED) is 0.165. The van der Waals surface area contributed by atoms with Crippen LogP contribution in [0.4, 0.5) is 0 Å². The summed E-state index contributed by atoms with van der Waals surface area (Å²) >= 11 is 0. The molecule has 0 saturated carbocycles. The Kier molecular flexibility index (Phi) is 5.43. The van der Waals surface area contributed by atoms with Gasteiger partial charge in [0, 0.05) is 32.8 Å². The first kappa shape index (κ1) is 25.3. The summed E-state index contributed by atoms with van der Waals surface area (Å²) in [7, 11) is -0.429. The molecule has 0 unspecified atom stereocenters. The molecule has 0 N–H and O–H groups in total. The highest BCUT2D eigenvalue weighted by Gasteiger charge is 2.51. The number of rotatable bonds is 3. The van der Waals surface area contributed by atoms with Crippen LogP contribution in [0.3, 0.4) is 0 Å². The Bertz CT molecular complexity index is 2130. The molecule has 204 valence electrons. The third-order valence-corrected chi connectivity index (χ3v) is 9.21. The Labute approximate surface area is 245 Å². The van der Waals surface area contributed by atoms with Crippen molar-refractivity contribution in [3.8, 4) is 16.9 Å². The fraction of sp³-hybridized carbons (Fsp3) is 0.162. The van der Waals surface area contributed by atoms with Crippen LogP contribution in [0.25, 0.3) is 60.4 Å². The van der Waals surface area contributed by atoms with Gasteiger partial charge in [0.05, 0.1) is 33.4 Å². The average Bonchev–Trinajstić information content (AvgIpc) is 3.46. The lowest BCUT2D eigenvalue weighted by Gasteiger charge is -2.32. The predicted octanol–water partition coefficient (Wildman–Crippen LogP) is 8.45. The van der Waals surface area contributed by atoms with E-state index in [4.69, 9.17) is 14.3 Å². The molecule has 4 nitrogen and oxygen atoms in total. The lowest BCUT2D eigenvalue weighted by Crippen LogP contribution is -2.41. The fourth-order valence-electron chi connectivity index (χ4n) is 6.32. The van der Waals surface area contributed by atoms with Crippen molar-refractivity contribution >= 4 is 56.1 Å². The van der Waals surface area contributed by atoms with Crippen LogP contribution in [-0.4, -0.2) is 27.9 Å². The third-order valence-electron chi connectivity index (χ3n) is 9.21. The molecule has 0 bridgehead atoms. The second-order valence-corrected chi connectivity index (χ2v) is 12.3. The maximum atomic E-state index is 6.44. The molecule has 0 radical (unpaired) electrons. The number of para-hydroxylation sites is 1. The van der Waals surface area contributed by atoms with Gasteiger partial charge in [-0.2, -0.15) is 0 Å². The molecule has 0 atom stereocenters. The second-order valence-electron chi connectivity index (χ2n) is 12.3. The molecule has 5 aromatic carbocycles. The molecule has 7 aromatic rings. The smallest absolute Gasteiger partial charge is 0.399 e. The van der Waals surface area contributed by atoms with Gasteiger partial charge in [-0.05, 0) is 56.7 Å². The number of fused-ring (bicyclic) bond motifs is 7. The molecule has 8 rings (SSSR count). The molecule has 0 amide bonds. The normalized spacial score (nSPS) is 16.2. The van der Waals surface area contributed by atoms with Gasteiger partial charge < -0.3 is 13.9 Å². The molecule has 42 heavy (non-hydrogen) atoms. The van der Waals surface area contributed by atoms with E-state index in [2.05, 4.69) is 148 Å². The van der Waals surface area contributed by atoms with Gasteiger partial charge in [-0.3, -0.25) is 0 Å². The van der Waals surface area contributed by atoms with Crippen LogP contribution in [0, 0.1) is 0 Å². The van der Waals surface area contributed by atoms with Gasteiger partial charge in [-0.1, -0.05) is 97.1 Å². The van der Waals surface area contributed by atoms with Crippen LogP contribution in [0.2, 0.25) is 0 Å². The fourth-order valence-corrected chi connectivity index (χ4v) is 6.32. The molecule has 0 spiro atoms. The summed E-state index contributed by atoms with van der Waals surface area (Å²) in [6.45, 7) is 8.39. The highest BCUT2D eigenvalue weighted by molar-refractivity contribution is 6.62. The first-order valence-corrected chi connectivity index (χ1v) is 14.6. The Morgan fingerprint density at radius 2 is 1.21 bits per heavy atom. The molecule has 2 aromatic heterocycles.